The van der Waals surface area contributed by atoms with E-state index in [1.165, 1.54) is 18.3 Å². The molecule has 1 aromatic heterocycles. The van der Waals surface area contributed by atoms with Crippen LogP contribution in [0.1, 0.15) is 36.0 Å². The molecule has 0 unspecified atom stereocenters. The first-order chi connectivity index (χ1) is 15.1. The Morgan fingerprint density at radius 3 is 2.44 bits per heavy atom. The Morgan fingerprint density at radius 1 is 1.19 bits per heavy atom. The van der Waals surface area contributed by atoms with Gasteiger partial charge in [0.1, 0.15) is 11.8 Å². The molecule has 1 amide bonds. The van der Waals surface area contributed by atoms with Crippen LogP contribution in [0.2, 0.25) is 0 Å². The summed E-state index contributed by atoms with van der Waals surface area (Å²) in [6.07, 6.45) is -1.38. The molecule has 0 saturated heterocycles. The lowest BCUT2D eigenvalue weighted by Gasteiger charge is -2.32. The van der Waals surface area contributed by atoms with E-state index >= 15 is 0 Å². The molecule has 0 aliphatic heterocycles. The summed E-state index contributed by atoms with van der Waals surface area (Å²) < 4.78 is 68.0. The summed E-state index contributed by atoms with van der Waals surface area (Å²) >= 11 is 3.15. The van der Waals surface area contributed by atoms with Gasteiger partial charge < -0.3 is 20.5 Å². The average Bonchev–Trinajstić information content (AvgIpc) is 2.72. The van der Waals surface area contributed by atoms with Crippen LogP contribution in [0.3, 0.4) is 0 Å². The number of halogens is 6. The number of pyridine rings is 1. The largest absolute Gasteiger partial charge is 0.434 e. The maximum Gasteiger partial charge on any atom is 0.406 e. The minimum absolute atomic E-state index is 0.0727. The maximum atomic E-state index is 12.8. The zero-order valence-electron chi connectivity index (χ0n) is 16.6. The molecule has 1 aromatic carbocycles. The van der Waals surface area contributed by atoms with Gasteiger partial charge in [0, 0.05) is 29.7 Å². The number of carbonyl (C=O) groups excluding carboxylic acids is 1. The second-order valence-electron chi connectivity index (χ2n) is 7.54. The zero-order chi connectivity index (χ0) is 23.5. The predicted octanol–water partition coefficient (Wildman–Crippen LogP) is 4.15. The Hall–Kier alpha value is -2.05. The van der Waals surface area contributed by atoms with Gasteiger partial charge >= 0.3 is 12.8 Å². The van der Waals surface area contributed by atoms with E-state index in [9.17, 15) is 26.7 Å². The molecular weight excluding hydrogens is 505 g/mol. The highest BCUT2D eigenvalue weighted by atomic mass is 79.9. The fourth-order valence-electron chi connectivity index (χ4n) is 3.65. The number of rotatable bonds is 7. The van der Waals surface area contributed by atoms with Crippen molar-refractivity contribution in [3.05, 3.63) is 34.4 Å². The number of aliphatic hydroxyl groups excluding tert-OH is 1. The van der Waals surface area contributed by atoms with Crippen LogP contribution in [0.15, 0.2) is 28.9 Å². The molecule has 176 valence electrons. The van der Waals surface area contributed by atoms with Crippen LogP contribution >= 0.6 is 15.9 Å². The number of fused-ring (bicyclic) bond motifs is 1. The number of ether oxygens (including phenoxy) is 1. The van der Waals surface area contributed by atoms with E-state index in [1.807, 2.05) is 0 Å². The standard InChI is InChI=1S/C20H21BrF5N3O3/c21-14-6-10-5-11(8-27-15(10)7-16(14)32-19(22)23)18(31)29-13-3-1-12(2-4-13)28-17(9-30)20(24,25)26/h5-8,12-13,17,19,28,30H,1-4,9H2,(H,29,31)/t12-,13-,17-/m1/s1. The van der Waals surface area contributed by atoms with E-state index in [-0.39, 0.29) is 27.7 Å². The van der Waals surface area contributed by atoms with Gasteiger partial charge in [-0.15, -0.1) is 0 Å². The summed E-state index contributed by atoms with van der Waals surface area (Å²) in [5.41, 5.74) is 0.639. The molecule has 1 aliphatic rings. The number of nitrogens with one attached hydrogen (secondary N) is 2. The number of aromatic nitrogens is 1. The van der Waals surface area contributed by atoms with Crippen molar-refractivity contribution >= 4 is 32.7 Å². The van der Waals surface area contributed by atoms with Crippen molar-refractivity contribution in [1.82, 2.24) is 15.6 Å². The fraction of sp³-hybridized carbons (Fsp3) is 0.500. The highest BCUT2D eigenvalue weighted by molar-refractivity contribution is 9.10. The molecule has 0 spiro atoms. The van der Waals surface area contributed by atoms with Crippen molar-refractivity contribution in [3.63, 3.8) is 0 Å². The number of aliphatic hydroxyl groups is 1. The molecule has 1 atom stereocenters. The topological polar surface area (TPSA) is 83.5 Å². The van der Waals surface area contributed by atoms with E-state index < -0.39 is 31.5 Å². The van der Waals surface area contributed by atoms with E-state index in [1.54, 1.807) is 6.07 Å². The van der Waals surface area contributed by atoms with Crippen molar-refractivity contribution in [2.45, 2.75) is 56.6 Å². The fourth-order valence-corrected chi connectivity index (χ4v) is 4.10. The van der Waals surface area contributed by atoms with E-state index in [0.717, 1.165) is 0 Å². The Morgan fingerprint density at radius 2 is 1.84 bits per heavy atom. The van der Waals surface area contributed by atoms with Crippen LogP contribution in [0, 0.1) is 0 Å². The smallest absolute Gasteiger partial charge is 0.406 e. The summed E-state index contributed by atoms with van der Waals surface area (Å²) in [4.78, 5) is 16.7. The lowest BCUT2D eigenvalue weighted by atomic mass is 9.90. The van der Waals surface area contributed by atoms with Gasteiger partial charge in [0.15, 0.2) is 0 Å². The SMILES string of the molecule is O=C(N[C@H]1CC[C@H](N[C@H](CO)C(F)(F)F)CC1)c1cnc2cc(OC(F)F)c(Br)cc2c1. The third kappa shape index (κ3) is 6.26. The summed E-state index contributed by atoms with van der Waals surface area (Å²) in [6.45, 7) is -4.01. The van der Waals surface area contributed by atoms with Gasteiger partial charge in [0.25, 0.3) is 5.91 Å². The van der Waals surface area contributed by atoms with Crippen molar-refractivity contribution < 1.29 is 36.6 Å². The van der Waals surface area contributed by atoms with Gasteiger partial charge in [-0.2, -0.15) is 22.0 Å². The van der Waals surface area contributed by atoms with Crippen LogP contribution in [-0.4, -0.2) is 53.5 Å². The summed E-state index contributed by atoms with van der Waals surface area (Å²) in [6, 6.07) is 1.85. The van der Waals surface area contributed by atoms with E-state index in [4.69, 9.17) is 5.11 Å². The normalized spacial score (nSPS) is 20.4. The first-order valence-corrected chi connectivity index (χ1v) is 10.6. The molecule has 32 heavy (non-hydrogen) atoms. The quantitative estimate of drug-likeness (QED) is 0.473. The number of nitrogens with zero attached hydrogens (tertiary/aromatic N) is 1. The maximum absolute atomic E-state index is 12.8. The van der Waals surface area contributed by atoms with E-state index in [2.05, 4.69) is 36.3 Å². The average molecular weight is 526 g/mol. The zero-order valence-corrected chi connectivity index (χ0v) is 18.2. The molecule has 1 saturated carbocycles. The minimum atomic E-state index is -4.52. The minimum Gasteiger partial charge on any atom is -0.434 e. The molecule has 0 radical (unpaired) electrons. The number of alkyl halides is 5. The Balaban J connectivity index is 1.59. The van der Waals surface area contributed by atoms with Gasteiger partial charge in [-0.25, -0.2) is 0 Å². The van der Waals surface area contributed by atoms with Crippen molar-refractivity contribution in [1.29, 1.82) is 0 Å². The van der Waals surface area contributed by atoms with Crippen molar-refractivity contribution in [2.24, 2.45) is 0 Å². The molecule has 12 heteroatoms. The summed E-state index contributed by atoms with van der Waals surface area (Å²) in [7, 11) is 0. The first-order valence-electron chi connectivity index (χ1n) is 9.85. The number of amides is 1. The van der Waals surface area contributed by atoms with Crippen molar-refractivity contribution in [2.75, 3.05) is 6.61 Å². The lowest BCUT2D eigenvalue weighted by molar-refractivity contribution is -0.166. The van der Waals surface area contributed by atoms with Gasteiger partial charge in [0.05, 0.1) is 22.2 Å². The second kappa shape index (κ2) is 10.3. The molecule has 0 bridgehead atoms. The molecule has 6 nitrogen and oxygen atoms in total. The molecule has 3 N–H and O–H groups in total. The first kappa shape index (κ1) is 24.6. The third-order valence-corrected chi connectivity index (χ3v) is 5.91. The van der Waals surface area contributed by atoms with Gasteiger partial charge in [-0.05, 0) is 53.7 Å². The summed E-state index contributed by atoms with van der Waals surface area (Å²) in [5.74, 6) is -0.458. The van der Waals surface area contributed by atoms with Gasteiger partial charge in [-0.3, -0.25) is 9.78 Å². The van der Waals surface area contributed by atoms with Crippen LogP contribution < -0.4 is 15.4 Å². The van der Waals surface area contributed by atoms with Gasteiger partial charge in [-0.1, -0.05) is 0 Å². The molecular formula is C20H21BrF5N3O3. The Bertz CT molecular complexity index is 952. The molecule has 2 aromatic rings. The van der Waals surface area contributed by atoms with Gasteiger partial charge in [0.2, 0.25) is 0 Å². The number of carbonyl (C=O) groups is 1. The van der Waals surface area contributed by atoms with Crippen LogP contribution in [0.4, 0.5) is 22.0 Å². The van der Waals surface area contributed by atoms with Crippen molar-refractivity contribution in [3.8, 4) is 5.75 Å². The third-order valence-electron chi connectivity index (χ3n) is 5.29. The van der Waals surface area contributed by atoms with Crippen LogP contribution in [0.25, 0.3) is 10.9 Å². The Kier molecular flexibility index (Phi) is 7.88. The molecule has 1 aliphatic carbocycles. The lowest BCUT2D eigenvalue weighted by Crippen LogP contribution is -2.51. The van der Waals surface area contributed by atoms with E-state index in [0.29, 0.717) is 36.6 Å². The second-order valence-corrected chi connectivity index (χ2v) is 8.40. The van der Waals surface area contributed by atoms with Crippen LogP contribution in [-0.2, 0) is 0 Å². The number of benzene rings is 1. The molecule has 3 rings (SSSR count). The Labute approximate surface area is 188 Å². The predicted molar refractivity (Wildman–Crippen MR) is 110 cm³/mol. The number of hydrogen-bond donors (Lipinski definition) is 3. The monoisotopic (exact) mass is 525 g/mol. The molecule has 1 heterocycles. The summed E-state index contributed by atoms with van der Waals surface area (Å²) in [5, 5.41) is 14.8. The number of hydrogen-bond acceptors (Lipinski definition) is 5. The molecule has 1 fully saturated rings. The highest BCUT2D eigenvalue weighted by Crippen LogP contribution is 2.31. The van der Waals surface area contributed by atoms with Crippen LogP contribution in [0.5, 0.6) is 5.75 Å². The highest BCUT2D eigenvalue weighted by Gasteiger charge is 2.40.